The molecule has 0 aliphatic heterocycles. The Balaban J connectivity index is 2.73. The first-order valence-corrected chi connectivity index (χ1v) is 3.56. The van der Waals surface area contributed by atoms with Crippen LogP contribution < -0.4 is 5.32 Å². The van der Waals surface area contributed by atoms with Crippen LogP contribution in [-0.2, 0) is 5.60 Å². The molecule has 0 bridgehead atoms. The number of furan rings is 1. The normalized spacial score (nSPS) is 16.3. The van der Waals surface area contributed by atoms with Crippen LogP contribution in [0.2, 0.25) is 0 Å². The summed E-state index contributed by atoms with van der Waals surface area (Å²) in [5, 5.41) is 12.7. The molecule has 11 heavy (non-hydrogen) atoms. The lowest BCUT2D eigenvalue weighted by molar-refractivity contribution is 0.0585. The summed E-state index contributed by atoms with van der Waals surface area (Å²) in [6, 6.07) is 1.76. The third-order valence-corrected chi connectivity index (χ3v) is 1.66. The number of aliphatic hydroxyl groups is 1. The highest BCUT2D eigenvalue weighted by atomic mass is 16.3. The predicted molar refractivity (Wildman–Crippen MR) is 42.2 cm³/mol. The first kappa shape index (κ1) is 8.30. The van der Waals surface area contributed by atoms with Crippen molar-refractivity contribution in [1.29, 1.82) is 0 Å². The van der Waals surface area contributed by atoms with E-state index in [1.807, 2.05) is 0 Å². The molecule has 1 aromatic rings. The van der Waals surface area contributed by atoms with Crippen molar-refractivity contribution >= 4 is 0 Å². The molecule has 0 aliphatic rings. The fourth-order valence-electron chi connectivity index (χ4n) is 1.02. The molecule has 0 saturated carbocycles. The minimum Gasteiger partial charge on any atom is -0.472 e. The van der Waals surface area contributed by atoms with Crippen LogP contribution in [-0.4, -0.2) is 18.7 Å². The summed E-state index contributed by atoms with van der Waals surface area (Å²) in [6.45, 7) is 2.26. The molecule has 1 unspecified atom stereocenters. The van der Waals surface area contributed by atoms with E-state index in [1.165, 1.54) is 0 Å². The van der Waals surface area contributed by atoms with E-state index in [-0.39, 0.29) is 0 Å². The lowest BCUT2D eigenvalue weighted by Gasteiger charge is -2.20. The Labute approximate surface area is 66.0 Å². The Hall–Kier alpha value is -0.800. The average Bonchev–Trinajstić information content (AvgIpc) is 2.37. The molecule has 0 amide bonds. The van der Waals surface area contributed by atoms with Crippen molar-refractivity contribution in [2.45, 2.75) is 12.5 Å². The van der Waals surface area contributed by atoms with Gasteiger partial charge in [-0.15, -0.1) is 0 Å². The monoisotopic (exact) mass is 155 g/mol. The van der Waals surface area contributed by atoms with Crippen LogP contribution in [0, 0.1) is 0 Å². The fourth-order valence-corrected chi connectivity index (χ4v) is 1.02. The summed E-state index contributed by atoms with van der Waals surface area (Å²) in [4.78, 5) is 0. The topological polar surface area (TPSA) is 45.4 Å². The summed E-state index contributed by atoms with van der Waals surface area (Å²) < 4.78 is 4.86. The Morgan fingerprint density at radius 2 is 2.45 bits per heavy atom. The van der Waals surface area contributed by atoms with Crippen molar-refractivity contribution in [1.82, 2.24) is 5.32 Å². The highest BCUT2D eigenvalue weighted by Gasteiger charge is 2.22. The van der Waals surface area contributed by atoms with E-state index in [4.69, 9.17) is 4.42 Å². The second-order valence-corrected chi connectivity index (χ2v) is 2.82. The number of hydrogen-bond acceptors (Lipinski definition) is 3. The van der Waals surface area contributed by atoms with Crippen LogP contribution in [0.3, 0.4) is 0 Å². The Kier molecular flexibility index (Phi) is 2.31. The predicted octanol–water partition coefficient (Wildman–Crippen LogP) is 0.707. The van der Waals surface area contributed by atoms with E-state index >= 15 is 0 Å². The minimum atomic E-state index is -0.832. The van der Waals surface area contributed by atoms with E-state index in [2.05, 4.69) is 5.32 Å². The quantitative estimate of drug-likeness (QED) is 0.675. The second-order valence-electron chi connectivity index (χ2n) is 2.82. The van der Waals surface area contributed by atoms with Gasteiger partial charge in [0.25, 0.3) is 0 Å². The van der Waals surface area contributed by atoms with E-state index in [1.54, 1.807) is 32.6 Å². The van der Waals surface area contributed by atoms with Crippen LogP contribution in [0.1, 0.15) is 12.5 Å². The molecular weight excluding hydrogens is 142 g/mol. The third-order valence-electron chi connectivity index (χ3n) is 1.66. The summed E-state index contributed by atoms with van der Waals surface area (Å²) >= 11 is 0. The van der Waals surface area contributed by atoms with Crippen molar-refractivity contribution in [2.24, 2.45) is 0 Å². The van der Waals surface area contributed by atoms with E-state index in [0.29, 0.717) is 6.54 Å². The molecule has 1 aromatic heterocycles. The van der Waals surface area contributed by atoms with E-state index in [0.717, 1.165) is 5.56 Å². The van der Waals surface area contributed by atoms with Crippen molar-refractivity contribution in [3.05, 3.63) is 24.2 Å². The molecule has 0 radical (unpaired) electrons. The molecule has 3 nitrogen and oxygen atoms in total. The van der Waals surface area contributed by atoms with Gasteiger partial charge in [0.2, 0.25) is 0 Å². The SMILES string of the molecule is CNCC(C)(O)c1ccoc1. The summed E-state index contributed by atoms with van der Waals surface area (Å²) in [6.07, 6.45) is 3.11. The van der Waals surface area contributed by atoms with Crippen LogP contribution in [0.15, 0.2) is 23.0 Å². The summed E-state index contributed by atoms with van der Waals surface area (Å²) in [7, 11) is 1.80. The number of nitrogens with one attached hydrogen (secondary N) is 1. The first-order valence-electron chi connectivity index (χ1n) is 3.56. The maximum Gasteiger partial charge on any atom is 0.102 e. The molecule has 0 fully saturated rings. The molecule has 1 rings (SSSR count). The molecule has 62 valence electrons. The Bertz CT molecular complexity index is 204. The van der Waals surface area contributed by atoms with Gasteiger partial charge >= 0.3 is 0 Å². The van der Waals surface area contributed by atoms with Gasteiger partial charge in [-0.05, 0) is 20.0 Å². The molecule has 0 spiro atoms. The van der Waals surface area contributed by atoms with Crippen molar-refractivity contribution < 1.29 is 9.52 Å². The van der Waals surface area contributed by atoms with Crippen LogP contribution in [0.25, 0.3) is 0 Å². The fraction of sp³-hybridized carbons (Fsp3) is 0.500. The zero-order valence-electron chi connectivity index (χ0n) is 6.79. The van der Waals surface area contributed by atoms with Gasteiger partial charge in [0.05, 0.1) is 12.5 Å². The van der Waals surface area contributed by atoms with Crippen LogP contribution in [0.5, 0.6) is 0 Å². The zero-order chi connectivity index (χ0) is 8.32. The van der Waals surface area contributed by atoms with Gasteiger partial charge in [-0.3, -0.25) is 0 Å². The molecule has 0 aliphatic carbocycles. The summed E-state index contributed by atoms with van der Waals surface area (Å²) in [5.74, 6) is 0. The van der Waals surface area contributed by atoms with Crippen molar-refractivity contribution in [3.63, 3.8) is 0 Å². The van der Waals surface area contributed by atoms with Crippen molar-refractivity contribution in [2.75, 3.05) is 13.6 Å². The average molecular weight is 155 g/mol. The lowest BCUT2D eigenvalue weighted by Crippen LogP contribution is -2.32. The molecule has 1 atom stereocenters. The Morgan fingerprint density at radius 1 is 1.73 bits per heavy atom. The maximum atomic E-state index is 9.75. The van der Waals surface area contributed by atoms with Gasteiger partial charge in [-0.2, -0.15) is 0 Å². The standard InChI is InChI=1S/C8H13NO2/c1-8(10,6-9-2)7-3-4-11-5-7/h3-5,9-10H,6H2,1-2H3. The molecular formula is C8H13NO2. The van der Waals surface area contributed by atoms with Gasteiger partial charge in [-0.1, -0.05) is 0 Å². The second kappa shape index (κ2) is 3.07. The molecule has 2 N–H and O–H groups in total. The van der Waals surface area contributed by atoms with Gasteiger partial charge in [0.15, 0.2) is 0 Å². The molecule has 0 aromatic carbocycles. The van der Waals surface area contributed by atoms with Crippen molar-refractivity contribution in [3.8, 4) is 0 Å². The Morgan fingerprint density at radius 3 is 2.91 bits per heavy atom. The van der Waals surface area contributed by atoms with Gasteiger partial charge in [-0.25, -0.2) is 0 Å². The largest absolute Gasteiger partial charge is 0.472 e. The number of likely N-dealkylation sites (N-methyl/N-ethyl adjacent to an activating group) is 1. The third kappa shape index (κ3) is 1.82. The summed E-state index contributed by atoms with van der Waals surface area (Å²) in [5.41, 5.74) is -0.0336. The smallest absolute Gasteiger partial charge is 0.102 e. The first-order chi connectivity index (χ1) is 5.17. The minimum absolute atomic E-state index is 0.520. The molecule has 0 saturated heterocycles. The highest BCUT2D eigenvalue weighted by molar-refractivity contribution is 5.15. The molecule has 1 heterocycles. The zero-order valence-corrected chi connectivity index (χ0v) is 6.79. The van der Waals surface area contributed by atoms with E-state index < -0.39 is 5.60 Å². The maximum absolute atomic E-state index is 9.75. The highest BCUT2D eigenvalue weighted by Crippen LogP contribution is 2.19. The van der Waals surface area contributed by atoms with Gasteiger partial charge in [0.1, 0.15) is 5.60 Å². The van der Waals surface area contributed by atoms with Gasteiger partial charge in [0, 0.05) is 12.1 Å². The molecule has 3 heteroatoms. The van der Waals surface area contributed by atoms with E-state index in [9.17, 15) is 5.11 Å². The van der Waals surface area contributed by atoms with Gasteiger partial charge < -0.3 is 14.8 Å². The number of hydrogen-bond donors (Lipinski definition) is 2. The lowest BCUT2D eigenvalue weighted by atomic mass is 10.00. The van der Waals surface area contributed by atoms with Crippen LogP contribution >= 0.6 is 0 Å². The van der Waals surface area contributed by atoms with Crippen LogP contribution in [0.4, 0.5) is 0 Å². The number of rotatable bonds is 3.